The predicted octanol–water partition coefficient (Wildman–Crippen LogP) is 5.93. The lowest BCUT2D eigenvalue weighted by molar-refractivity contribution is -0.140. The van der Waals surface area contributed by atoms with E-state index in [2.05, 4.69) is 15.0 Å². The second-order valence-corrected chi connectivity index (χ2v) is 13.4. The fourth-order valence-electron chi connectivity index (χ4n) is 1.74. The summed E-state index contributed by atoms with van der Waals surface area (Å²) in [7, 11) is -2.18. The monoisotopic (exact) mass is 427 g/mol. The quantitative estimate of drug-likeness (QED) is 0.344. The smallest absolute Gasteiger partial charge is 0.410 e. The molecule has 0 aliphatic heterocycles. The highest BCUT2D eigenvalue weighted by Gasteiger charge is 2.40. The molecular weight excluding hydrogens is 410 g/mol. The molecule has 144 valence electrons. The van der Waals surface area contributed by atoms with Crippen molar-refractivity contribution in [2.24, 2.45) is 0 Å². The first-order chi connectivity index (χ1) is 11.7. The second-order valence-electron chi connectivity index (χ2n) is 7.17. The highest BCUT2D eigenvalue weighted by molar-refractivity contribution is 7.15. The Bertz CT molecular complexity index is 805. The number of alkyl halides is 3. The number of thiazole rings is 1. The minimum atomic E-state index is -4.76. The highest BCUT2D eigenvalue weighted by Crippen LogP contribution is 2.42. The van der Waals surface area contributed by atoms with Gasteiger partial charge in [0.15, 0.2) is 19.8 Å². The summed E-state index contributed by atoms with van der Waals surface area (Å²) in [5.41, 5.74) is -1.72. The van der Waals surface area contributed by atoms with E-state index in [4.69, 9.17) is 16.0 Å². The van der Waals surface area contributed by atoms with Gasteiger partial charge in [0, 0.05) is 0 Å². The summed E-state index contributed by atoms with van der Waals surface area (Å²) in [4.78, 5) is 10.2. The van der Waals surface area contributed by atoms with Crippen molar-refractivity contribution in [2.75, 3.05) is 0 Å². The van der Waals surface area contributed by atoms with Crippen molar-refractivity contribution in [2.45, 2.75) is 51.7 Å². The summed E-state index contributed by atoms with van der Waals surface area (Å²) < 4.78 is 60.0. The summed E-state index contributed by atoms with van der Waals surface area (Å²) in [6.07, 6.45) is -4.03. The Balaban J connectivity index is 2.43. The Kier molecular flexibility index (Phi) is 5.82. The van der Waals surface area contributed by atoms with Crippen LogP contribution in [0.1, 0.15) is 31.5 Å². The maximum atomic E-state index is 14.0. The molecular formula is C15H18ClF4N3OSSi. The molecule has 2 heterocycles. The number of halogens is 5. The van der Waals surface area contributed by atoms with Gasteiger partial charge in [-0.15, -0.1) is 11.3 Å². The molecule has 0 N–H and O–H groups in total. The van der Waals surface area contributed by atoms with Crippen molar-refractivity contribution < 1.29 is 22.0 Å². The molecule has 0 aliphatic rings. The van der Waals surface area contributed by atoms with E-state index in [-0.39, 0.29) is 21.9 Å². The fourth-order valence-corrected chi connectivity index (χ4v) is 3.90. The molecule has 11 heteroatoms. The van der Waals surface area contributed by atoms with Crippen molar-refractivity contribution in [3.63, 3.8) is 0 Å². The minimum absolute atomic E-state index is 0.0787. The van der Waals surface area contributed by atoms with Gasteiger partial charge in [0.2, 0.25) is 5.28 Å². The molecule has 0 amide bonds. The van der Waals surface area contributed by atoms with Crippen LogP contribution in [0.4, 0.5) is 17.6 Å². The Hall–Kier alpha value is -1.10. The number of hydrogen-bond acceptors (Lipinski definition) is 5. The molecule has 0 radical (unpaired) electrons. The predicted molar refractivity (Wildman–Crippen MR) is 95.1 cm³/mol. The van der Waals surface area contributed by atoms with Crippen molar-refractivity contribution in [3.8, 4) is 10.6 Å². The average Bonchev–Trinajstić information content (AvgIpc) is 2.91. The van der Waals surface area contributed by atoms with Crippen LogP contribution in [0, 0.1) is 5.82 Å². The van der Waals surface area contributed by atoms with Crippen LogP contribution in [-0.4, -0.2) is 23.3 Å². The average molecular weight is 428 g/mol. The summed E-state index contributed by atoms with van der Waals surface area (Å²) >= 11 is 6.30. The SMILES string of the molecule is CC(C)(C)[Si](C)(C)OCc1nc(C(F)(F)F)c(-c2nc(Cl)ncc2F)s1. The van der Waals surface area contributed by atoms with Gasteiger partial charge >= 0.3 is 6.18 Å². The number of rotatable bonds is 4. The molecule has 4 nitrogen and oxygen atoms in total. The molecule has 2 rings (SSSR count). The van der Waals surface area contributed by atoms with E-state index in [1.165, 1.54) is 0 Å². The van der Waals surface area contributed by atoms with E-state index in [1.54, 1.807) is 0 Å². The van der Waals surface area contributed by atoms with Gasteiger partial charge < -0.3 is 4.43 Å². The van der Waals surface area contributed by atoms with Gasteiger partial charge in [-0.2, -0.15) is 13.2 Å². The van der Waals surface area contributed by atoms with Crippen molar-refractivity contribution >= 4 is 31.3 Å². The van der Waals surface area contributed by atoms with Crippen molar-refractivity contribution in [3.05, 3.63) is 28.0 Å². The molecule has 0 spiro atoms. The van der Waals surface area contributed by atoms with Crippen LogP contribution >= 0.6 is 22.9 Å². The van der Waals surface area contributed by atoms with E-state index < -0.39 is 36.6 Å². The van der Waals surface area contributed by atoms with Crippen LogP contribution in [-0.2, 0) is 17.2 Å². The first kappa shape index (κ1) is 21.2. The molecule has 2 aromatic rings. The number of nitrogens with zero attached hydrogens (tertiary/aromatic N) is 3. The Morgan fingerprint density at radius 2 is 1.81 bits per heavy atom. The molecule has 0 atom stereocenters. The highest BCUT2D eigenvalue weighted by atomic mass is 35.5. The second kappa shape index (κ2) is 7.14. The van der Waals surface area contributed by atoms with Gasteiger partial charge in [-0.25, -0.2) is 19.3 Å². The van der Waals surface area contributed by atoms with Gasteiger partial charge in [-0.05, 0) is 29.7 Å². The third kappa shape index (κ3) is 4.59. The topological polar surface area (TPSA) is 47.9 Å². The number of hydrogen-bond donors (Lipinski definition) is 0. The van der Waals surface area contributed by atoms with Crippen LogP contribution in [0.15, 0.2) is 6.20 Å². The van der Waals surface area contributed by atoms with Crippen LogP contribution in [0.25, 0.3) is 10.6 Å². The maximum Gasteiger partial charge on any atom is 0.434 e. The van der Waals surface area contributed by atoms with Crippen LogP contribution in [0.5, 0.6) is 0 Å². The Labute approximate surface area is 158 Å². The lowest BCUT2D eigenvalue weighted by Gasteiger charge is -2.35. The lowest BCUT2D eigenvalue weighted by atomic mass is 10.2. The molecule has 0 fully saturated rings. The Morgan fingerprint density at radius 1 is 1.19 bits per heavy atom. The molecule has 0 aromatic carbocycles. The standard InChI is InChI=1S/C15H18ClF4N3OSSi/c1-14(2,3)26(4,5)24-7-9-22-12(15(18,19)20)11(25-9)10-8(17)6-21-13(16)23-10/h6H,7H2,1-5H3. The molecule has 0 saturated carbocycles. The Morgan fingerprint density at radius 3 is 2.35 bits per heavy atom. The van der Waals surface area contributed by atoms with Gasteiger partial charge in [0.05, 0.1) is 17.7 Å². The summed E-state index contributed by atoms with van der Waals surface area (Å²) in [6, 6.07) is 0. The van der Waals surface area contributed by atoms with Crippen LogP contribution in [0.3, 0.4) is 0 Å². The van der Waals surface area contributed by atoms with Gasteiger partial charge in [0.25, 0.3) is 0 Å². The molecule has 26 heavy (non-hydrogen) atoms. The lowest BCUT2D eigenvalue weighted by Crippen LogP contribution is -2.40. The summed E-state index contributed by atoms with van der Waals surface area (Å²) in [5.74, 6) is -1.000. The zero-order valence-electron chi connectivity index (χ0n) is 14.8. The zero-order chi connectivity index (χ0) is 19.9. The third-order valence-electron chi connectivity index (χ3n) is 4.23. The minimum Gasteiger partial charge on any atom is -0.410 e. The van der Waals surface area contributed by atoms with Gasteiger partial charge in [-0.1, -0.05) is 20.8 Å². The van der Waals surface area contributed by atoms with E-state index in [0.717, 1.165) is 6.20 Å². The van der Waals surface area contributed by atoms with Gasteiger partial charge in [0.1, 0.15) is 10.7 Å². The van der Waals surface area contributed by atoms with E-state index in [1.807, 2.05) is 33.9 Å². The normalized spacial score (nSPS) is 13.3. The molecule has 0 unspecified atom stereocenters. The summed E-state index contributed by atoms with van der Waals surface area (Å²) in [6.45, 7) is 9.94. The maximum absolute atomic E-state index is 14.0. The molecule has 0 aliphatic carbocycles. The van der Waals surface area contributed by atoms with Gasteiger partial charge in [-0.3, -0.25) is 0 Å². The van der Waals surface area contributed by atoms with E-state index in [0.29, 0.717) is 11.3 Å². The first-order valence-electron chi connectivity index (χ1n) is 7.61. The number of aromatic nitrogens is 3. The van der Waals surface area contributed by atoms with E-state index in [9.17, 15) is 17.6 Å². The first-order valence-corrected chi connectivity index (χ1v) is 11.7. The molecule has 0 saturated heterocycles. The van der Waals surface area contributed by atoms with Crippen LogP contribution in [0.2, 0.25) is 23.4 Å². The third-order valence-corrected chi connectivity index (χ3v) is 9.93. The summed E-state index contributed by atoms with van der Waals surface area (Å²) in [5, 5.41) is -0.347. The van der Waals surface area contributed by atoms with E-state index >= 15 is 0 Å². The zero-order valence-corrected chi connectivity index (χ0v) is 17.4. The fraction of sp³-hybridized carbons (Fsp3) is 0.533. The molecule has 2 aromatic heterocycles. The van der Waals surface area contributed by atoms with Crippen molar-refractivity contribution in [1.82, 2.24) is 15.0 Å². The van der Waals surface area contributed by atoms with Crippen molar-refractivity contribution in [1.29, 1.82) is 0 Å². The van der Waals surface area contributed by atoms with Crippen LogP contribution < -0.4 is 0 Å². The molecule has 0 bridgehead atoms. The largest absolute Gasteiger partial charge is 0.434 e.